The lowest BCUT2D eigenvalue weighted by Gasteiger charge is -2.04. The fourth-order valence-electron chi connectivity index (χ4n) is 1.49. The molecule has 0 saturated heterocycles. The minimum atomic E-state index is 0.488. The van der Waals surface area contributed by atoms with Crippen LogP contribution in [0.3, 0.4) is 0 Å². The van der Waals surface area contributed by atoms with Gasteiger partial charge in [-0.2, -0.15) is 5.10 Å². The van der Waals surface area contributed by atoms with Crippen LogP contribution in [-0.4, -0.2) is 20.7 Å². The Labute approximate surface area is 106 Å². The number of pyridine rings is 1. The second-order valence-electron chi connectivity index (χ2n) is 3.71. The maximum atomic E-state index is 4.33. The third kappa shape index (κ3) is 3.35. The van der Waals surface area contributed by atoms with Crippen molar-refractivity contribution in [3.05, 3.63) is 48.5 Å². The van der Waals surface area contributed by atoms with E-state index in [4.69, 9.17) is 0 Å². The Balaban J connectivity index is 2.15. The smallest absolute Gasteiger partial charge is 0.243 e. The lowest BCUT2D eigenvalue weighted by Crippen LogP contribution is -2.07. The van der Waals surface area contributed by atoms with E-state index in [-0.39, 0.29) is 0 Å². The summed E-state index contributed by atoms with van der Waals surface area (Å²) >= 11 is 0. The Morgan fingerprint density at radius 1 is 1.11 bits per heavy atom. The molecule has 0 aliphatic carbocycles. The van der Waals surface area contributed by atoms with E-state index in [9.17, 15) is 0 Å². The molecule has 0 saturated carbocycles. The van der Waals surface area contributed by atoms with Crippen LogP contribution >= 0.6 is 0 Å². The molecule has 2 rings (SSSR count). The van der Waals surface area contributed by atoms with Gasteiger partial charge >= 0.3 is 0 Å². The molecular formula is C13H15N5. The zero-order chi connectivity index (χ0) is 12.6. The Bertz CT molecular complexity index is 495. The predicted molar refractivity (Wildman–Crippen MR) is 71.3 cm³/mol. The minimum absolute atomic E-state index is 0.488. The molecule has 2 heterocycles. The number of hydrogen-bond acceptors (Lipinski definition) is 5. The molecule has 92 valence electrons. The number of rotatable bonds is 5. The number of nitrogens with one attached hydrogen (secondary N) is 1. The monoisotopic (exact) mass is 241 g/mol. The Morgan fingerprint density at radius 3 is 2.56 bits per heavy atom. The minimum Gasteiger partial charge on any atom is -0.255 e. The quantitative estimate of drug-likeness (QED) is 0.645. The van der Waals surface area contributed by atoms with Gasteiger partial charge in [-0.15, -0.1) is 0 Å². The summed E-state index contributed by atoms with van der Waals surface area (Å²) in [5.74, 6) is 0.488. The summed E-state index contributed by atoms with van der Waals surface area (Å²) < 4.78 is 0. The summed E-state index contributed by atoms with van der Waals surface area (Å²) in [6, 6.07) is 7.55. The average molecular weight is 241 g/mol. The molecule has 0 aliphatic rings. The van der Waals surface area contributed by atoms with E-state index < -0.39 is 0 Å². The van der Waals surface area contributed by atoms with Gasteiger partial charge in [-0.1, -0.05) is 19.4 Å². The molecule has 0 spiro atoms. The summed E-state index contributed by atoms with van der Waals surface area (Å²) in [6.45, 7) is 2.11. The van der Waals surface area contributed by atoms with Crippen molar-refractivity contribution < 1.29 is 0 Å². The highest BCUT2D eigenvalue weighted by atomic mass is 15.4. The molecule has 0 aliphatic heterocycles. The van der Waals surface area contributed by atoms with Crippen molar-refractivity contribution in [2.24, 2.45) is 5.10 Å². The molecule has 5 nitrogen and oxygen atoms in total. The molecule has 5 heteroatoms. The molecule has 0 unspecified atom stereocenters. The molecule has 1 N–H and O–H groups in total. The standard InChI is InChI=1S/C13H15N5/c1-2-6-12(11-7-3-4-8-14-11)17-18-13-15-9-5-10-16-13/h3-5,7-10H,2,6H2,1H3,(H,15,16,18). The normalized spacial score (nSPS) is 11.3. The zero-order valence-electron chi connectivity index (χ0n) is 10.2. The van der Waals surface area contributed by atoms with Crippen molar-refractivity contribution in [1.29, 1.82) is 0 Å². The number of aromatic nitrogens is 3. The first-order chi connectivity index (χ1) is 8.90. The molecule has 0 fully saturated rings. The predicted octanol–water partition coefficient (Wildman–Crippen LogP) is 2.49. The van der Waals surface area contributed by atoms with Crippen LogP contribution < -0.4 is 5.43 Å². The average Bonchev–Trinajstić information content (AvgIpc) is 2.45. The van der Waals surface area contributed by atoms with Crippen LogP contribution in [0, 0.1) is 0 Å². The van der Waals surface area contributed by atoms with E-state index in [1.165, 1.54) is 0 Å². The summed E-state index contributed by atoms with van der Waals surface area (Å²) in [5.41, 5.74) is 4.64. The van der Waals surface area contributed by atoms with Crippen molar-refractivity contribution >= 4 is 11.7 Å². The van der Waals surface area contributed by atoms with Crippen LogP contribution in [0.15, 0.2) is 48.0 Å². The molecule has 0 bridgehead atoms. The highest BCUT2D eigenvalue weighted by molar-refractivity contribution is 5.99. The maximum absolute atomic E-state index is 4.33. The van der Waals surface area contributed by atoms with Crippen molar-refractivity contribution in [2.75, 3.05) is 5.43 Å². The Hall–Kier alpha value is -2.30. The largest absolute Gasteiger partial charge is 0.255 e. The van der Waals surface area contributed by atoms with Gasteiger partial charge in [0, 0.05) is 18.6 Å². The summed E-state index contributed by atoms with van der Waals surface area (Å²) in [6.07, 6.45) is 6.97. The van der Waals surface area contributed by atoms with Gasteiger partial charge in [0.25, 0.3) is 0 Å². The van der Waals surface area contributed by atoms with Crippen LogP contribution in [0.5, 0.6) is 0 Å². The van der Waals surface area contributed by atoms with Gasteiger partial charge in [-0.25, -0.2) is 15.4 Å². The second kappa shape index (κ2) is 6.44. The molecular weight excluding hydrogens is 226 g/mol. The third-order valence-electron chi connectivity index (χ3n) is 2.30. The van der Waals surface area contributed by atoms with Crippen LogP contribution in [-0.2, 0) is 0 Å². The van der Waals surface area contributed by atoms with Crippen molar-refractivity contribution in [2.45, 2.75) is 19.8 Å². The van der Waals surface area contributed by atoms with Gasteiger partial charge in [0.15, 0.2) is 0 Å². The SMILES string of the molecule is CCCC(=NNc1ncccn1)c1ccccn1. The van der Waals surface area contributed by atoms with Crippen LogP contribution in [0.2, 0.25) is 0 Å². The summed E-state index contributed by atoms with van der Waals surface area (Å²) in [4.78, 5) is 12.4. The van der Waals surface area contributed by atoms with Gasteiger partial charge in [0.05, 0.1) is 11.4 Å². The van der Waals surface area contributed by atoms with Crippen molar-refractivity contribution in [3.8, 4) is 0 Å². The van der Waals surface area contributed by atoms with E-state index in [1.807, 2.05) is 18.2 Å². The Morgan fingerprint density at radius 2 is 1.89 bits per heavy atom. The fourth-order valence-corrected chi connectivity index (χ4v) is 1.49. The van der Waals surface area contributed by atoms with E-state index in [0.29, 0.717) is 5.95 Å². The maximum Gasteiger partial charge on any atom is 0.243 e. The van der Waals surface area contributed by atoms with Crippen LogP contribution in [0.1, 0.15) is 25.5 Å². The van der Waals surface area contributed by atoms with Gasteiger partial charge in [0.1, 0.15) is 0 Å². The topological polar surface area (TPSA) is 63.1 Å². The van der Waals surface area contributed by atoms with E-state index in [0.717, 1.165) is 24.2 Å². The number of anilines is 1. The lowest BCUT2D eigenvalue weighted by molar-refractivity contribution is 0.977. The van der Waals surface area contributed by atoms with Crippen molar-refractivity contribution in [3.63, 3.8) is 0 Å². The fraction of sp³-hybridized carbons (Fsp3) is 0.231. The zero-order valence-corrected chi connectivity index (χ0v) is 10.2. The van der Waals surface area contributed by atoms with Gasteiger partial charge < -0.3 is 0 Å². The van der Waals surface area contributed by atoms with E-state index in [2.05, 4.69) is 32.4 Å². The molecule has 0 aromatic carbocycles. The van der Waals surface area contributed by atoms with Gasteiger partial charge in [-0.05, 0) is 24.6 Å². The molecule has 2 aromatic rings. The van der Waals surface area contributed by atoms with Crippen molar-refractivity contribution in [1.82, 2.24) is 15.0 Å². The molecule has 2 aromatic heterocycles. The number of hydrogen-bond donors (Lipinski definition) is 1. The molecule has 0 amide bonds. The third-order valence-corrected chi connectivity index (χ3v) is 2.30. The van der Waals surface area contributed by atoms with Gasteiger partial charge in [-0.3, -0.25) is 4.98 Å². The lowest BCUT2D eigenvalue weighted by atomic mass is 10.1. The number of hydrazone groups is 1. The highest BCUT2D eigenvalue weighted by Gasteiger charge is 2.03. The first-order valence-corrected chi connectivity index (χ1v) is 5.91. The summed E-state index contributed by atoms with van der Waals surface area (Å²) in [7, 11) is 0. The van der Waals surface area contributed by atoms with Crippen LogP contribution in [0.4, 0.5) is 5.95 Å². The van der Waals surface area contributed by atoms with Crippen LogP contribution in [0.25, 0.3) is 0 Å². The first-order valence-electron chi connectivity index (χ1n) is 5.91. The molecule has 0 radical (unpaired) electrons. The van der Waals surface area contributed by atoms with Gasteiger partial charge in [0.2, 0.25) is 5.95 Å². The van der Waals surface area contributed by atoms with E-state index >= 15 is 0 Å². The molecule has 18 heavy (non-hydrogen) atoms. The molecule has 0 atom stereocenters. The number of nitrogens with zero attached hydrogens (tertiary/aromatic N) is 4. The van der Waals surface area contributed by atoms with E-state index in [1.54, 1.807) is 24.7 Å². The Kier molecular flexibility index (Phi) is 4.35. The summed E-state index contributed by atoms with van der Waals surface area (Å²) in [5, 5.41) is 4.33. The second-order valence-corrected chi connectivity index (χ2v) is 3.71. The first kappa shape index (κ1) is 12.2. The highest BCUT2D eigenvalue weighted by Crippen LogP contribution is 2.04.